The maximum absolute atomic E-state index is 12.0. The zero-order valence-corrected chi connectivity index (χ0v) is 24.6. The molecule has 0 saturated carbocycles. The number of hydrogen-bond donors (Lipinski definition) is 4. The summed E-state index contributed by atoms with van der Waals surface area (Å²) in [4.78, 5) is 22.7. The van der Waals surface area contributed by atoms with E-state index in [0.29, 0.717) is 18.7 Å². The van der Waals surface area contributed by atoms with Gasteiger partial charge < -0.3 is 30.1 Å². The molecule has 0 bridgehead atoms. The minimum atomic E-state index is -0.900. The van der Waals surface area contributed by atoms with Gasteiger partial charge in [-0.2, -0.15) is 11.8 Å². The van der Waals surface area contributed by atoms with Crippen LogP contribution in [0.3, 0.4) is 0 Å². The van der Waals surface area contributed by atoms with Crippen LogP contribution in [-0.2, 0) is 32.2 Å². The van der Waals surface area contributed by atoms with Crippen LogP contribution in [-0.4, -0.2) is 51.4 Å². The SMILES string of the molecule is CC1C(CSCCO)OC(c2ccc(-c3cccc(CNC(=O)CCCC(=O)O)c3)cc2)OC1c1ccc(CO)cc1. The summed E-state index contributed by atoms with van der Waals surface area (Å²) in [5.74, 6) is 0.419. The monoisotopic (exact) mass is 593 g/mol. The van der Waals surface area contributed by atoms with Crippen molar-refractivity contribution in [1.82, 2.24) is 5.32 Å². The van der Waals surface area contributed by atoms with E-state index < -0.39 is 12.3 Å². The summed E-state index contributed by atoms with van der Waals surface area (Å²) in [7, 11) is 0. The first-order valence-electron chi connectivity index (χ1n) is 14.2. The maximum atomic E-state index is 12.0. The molecule has 9 heteroatoms. The molecule has 4 atom stereocenters. The molecule has 224 valence electrons. The van der Waals surface area contributed by atoms with Gasteiger partial charge in [-0.05, 0) is 40.3 Å². The first-order valence-corrected chi connectivity index (χ1v) is 15.4. The number of carboxylic acids is 1. The van der Waals surface area contributed by atoms with Crippen molar-refractivity contribution >= 4 is 23.6 Å². The van der Waals surface area contributed by atoms with Gasteiger partial charge in [0.2, 0.25) is 5.91 Å². The standard InChI is InChI=1S/C33H39NO7S/c1-22-29(21-42-17-16-35)40-33(41-32(22)26-10-8-23(20-36)9-11-26)27-14-12-25(13-15-27)28-5-2-4-24(18-28)19-34-30(37)6-3-7-31(38)39/h2,4-5,8-15,18,22,29,32-33,35-36H,3,6-7,16-17,19-21H2,1H3,(H,34,37)(H,38,39). The Kier molecular flexibility index (Phi) is 12.0. The van der Waals surface area contributed by atoms with E-state index in [2.05, 4.69) is 12.2 Å². The number of ether oxygens (including phenoxy) is 2. The molecule has 0 radical (unpaired) electrons. The number of carbonyl (C=O) groups excluding carboxylic acids is 1. The van der Waals surface area contributed by atoms with Crippen LogP contribution in [0.1, 0.15) is 60.8 Å². The molecule has 1 aliphatic rings. The molecule has 1 amide bonds. The van der Waals surface area contributed by atoms with Crippen LogP contribution in [0.25, 0.3) is 11.1 Å². The number of carboxylic acid groups (broad SMARTS) is 1. The molecule has 4 rings (SSSR count). The molecule has 4 unspecified atom stereocenters. The first-order chi connectivity index (χ1) is 20.4. The lowest BCUT2D eigenvalue weighted by atomic mass is 9.91. The van der Waals surface area contributed by atoms with Gasteiger partial charge >= 0.3 is 5.97 Å². The van der Waals surface area contributed by atoms with Crippen molar-refractivity contribution in [3.8, 4) is 11.1 Å². The van der Waals surface area contributed by atoms with Gasteiger partial charge in [0.05, 0.1) is 25.4 Å². The lowest BCUT2D eigenvalue weighted by molar-refractivity contribution is -0.268. The smallest absolute Gasteiger partial charge is 0.303 e. The quantitative estimate of drug-likeness (QED) is 0.187. The van der Waals surface area contributed by atoms with Gasteiger partial charge in [-0.15, -0.1) is 0 Å². The summed E-state index contributed by atoms with van der Waals surface area (Å²) in [5.41, 5.74) is 5.77. The van der Waals surface area contributed by atoms with Crippen LogP contribution in [0, 0.1) is 5.92 Å². The Labute approximate surface area is 251 Å². The number of hydrogen-bond acceptors (Lipinski definition) is 7. The topological polar surface area (TPSA) is 125 Å². The molecular formula is C33H39NO7S. The van der Waals surface area contributed by atoms with E-state index in [-0.39, 0.29) is 50.1 Å². The second-order valence-corrected chi connectivity index (χ2v) is 11.6. The summed E-state index contributed by atoms with van der Waals surface area (Å²) in [5, 5.41) is 30.3. The van der Waals surface area contributed by atoms with Gasteiger partial charge in [-0.1, -0.05) is 73.7 Å². The second kappa shape index (κ2) is 15.9. The Morgan fingerprint density at radius 3 is 2.31 bits per heavy atom. The van der Waals surface area contributed by atoms with Crippen LogP contribution in [0.5, 0.6) is 0 Å². The Hall–Kier alpha value is -3.21. The van der Waals surface area contributed by atoms with Gasteiger partial charge in [0.15, 0.2) is 6.29 Å². The largest absolute Gasteiger partial charge is 0.481 e. The average Bonchev–Trinajstić information content (AvgIpc) is 3.01. The fraction of sp³-hybridized carbons (Fsp3) is 0.394. The van der Waals surface area contributed by atoms with Crippen LogP contribution in [0.2, 0.25) is 0 Å². The minimum Gasteiger partial charge on any atom is -0.481 e. The molecule has 0 spiro atoms. The lowest BCUT2D eigenvalue weighted by Crippen LogP contribution is -2.38. The van der Waals surface area contributed by atoms with Crippen LogP contribution in [0.15, 0.2) is 72.8 Å². The third-order valence-corrected chi connectivity index (χ3v) is 8.40. The third-order valence-electron chi connectivity index (χ3n) is 7.37. The molecule has 1 heterocycles. The maximum Gasteiger partial charge on any atom is 0.303 e. The van der Waals surface area contributed by atoms with E-state index in [0.717, 1.165) is 39.1 Å². The Morgan fingerprint density at radius 2 is 1.62 bits per heavy atom. The normalized spacial score (nSPS) is 20.3. The average molecular weight is 594 g/mol. The number of benzene rings is 3. The molecule has 0 aromatic heterocycles. The fourth-order valence-electron chi connectivity index (χ4n) is 4.96. The highest BCUT2D eigenvalue weighted by Crippen LogP contribution is 2.42. The van der Waals surface area contributed by atoms with Crippen LogP contribution < -0.4 is 5.32 Å². The van der Waals surface area contributed by atoms with Gasteiger partial charge in [0, 0.05) is 42.4 Å². The highest BCUT2D eigenvalue weighted by molar-refractivity contribution is 7.99. The van der Waals surface area contributed by atoms with Gasteiger partial charge in [0.25, 0.3) is 0 Å². The number of carbonyl (C=O) groups is 2. The summed E-state index contributed by atoms with van der Waals surface area (Å²) in [6.45, 7) is 2.61. The van der Waals surface area contributed by atoms with E-state index in [9.17, 15) is 19.8 Å². The Morgan fingerprint density at radius 1 is 0.881 bits per heavy atom. The molecule has 8 nitrogen and oxygen atoms in total. The lowest BCUT2D eigenvalue weighted by Gasteiger charge is -2.41. The van der Waals surface area contributed by atoms with Crippen molar-refractivity contribution in [3.63, 3.8) is 0 Å². The third kappa shape index (κ3) is 8.89. The van der Waals surface area contributed by atoms with E-state index in [1.54, 1.807) is 11.8 Å². The second-order valence-electron chi connectivity index (χ2n) is 10.5. The highest BCUT2D eigenvalue weighted by Gasteiger charge is 2.38. The Balaban J connectivity index is 1.45. The van der Waals surface area contributed by atoms with Crippen molar-refractivity contribution in [2.75, 3.05) is 18.1 Å². The van der Waals surface area contributed by atoms with Gasteiger partial charge in [-0.25, -0.2) is 0 Å². The molecular weight excluding hydrogens is 554 g/mol. The molecule has 4 N–H and O–H groups in total. The molecule has 0 aliphatic carbocycles. The summed E-state index contributed by atoms with van der Waals surface area (Å²) < 4.78 is 13.0. The first kappa shape index (κ1) is 31.7. The zero-order chi connectivity index (χ0) is 29.9. The summed E-state index contributed by atoms with van der Waals surface area (Å²) in [6, 6.07) is 23.9. The number of rotatable bonds is 14. The predicted octanol–water partition coefficient (Wildman–Crippen LogP) is 5.23. The van der Waals surface area contributed by atoms with Gasteiger partial charge in [-0.3, -0.25) is 9.59 Å². The number of aliphatic hydroxyl groups excluding tert-OH is 2. The molecule has 1 fully saturated rings. The molecule has 1 aliphatic heterocycles. The summed E-state index contributed by atoms with van der Waals surface area (Å²) >= 11 is 1.66. The number of thioether (sulfide) groups is 1. The fourth-order valence-corrected chi connectivity index (χ4v) is 5.87. The van der Waals surface area contributed by atoms with E-state index in [4.69, 9.17) is 14.6 Å². The molecule has 1 saturated heterocycles. The van der Waals surface area contributed by atoms with E-state index in [1.165, 1.54) is 0 Å². The van der Waals surface area contributed by atoms with Crippen molar-refractivity contribution < 1.29 is 34.4 Å². The number of aliphatic hydroxyl groups is 2. The number of nitrogens with one attached hydrogen (secondary N) is 1. The number of aliphatic carboxylic acids is 1. The van der Waals surface area contributed by atoms with Crippen LogP contribution >= 0.6 is 11.8 Å². The van der Waals surface area contributed by atoms with E-state index in [1.807, 2.05) is 72.8 Å². The Bertz CT molecular complexity index is 1300. The minimum absolute atomic E-state index is 0.00793. The van der Waals surface area contributed by atoms with E-state index >= 15 is 0 Å². The van der Waals surface area contributed by atoms with Crippen molar-refractivity contribution in [2.24, 2.45) is 5.92 Å². The molecule has 3 aromatic rings. The zero-order valence-electron chi connectivity index (χ0n) is 23.8. The molecule has 42 heavy (non-hydrogen) atoms. The van der Waals surface area contributed by atoms with Crippen molar-refractivity contribution in [2.45, 2.75) is 57.8 Å². The number of amides is 1. The molecule has 3 aromatic carbocycles. The predicted molar refractivity (Wildman–Crippen MR) is 163 cm³/mol. The van der Waals surface area contributed by atoms with Gasteiger partial charge in [0.1, 0.15) is 0 Å². The van der Waals surface area contributed by atoms with Crippen molar-refractivity contribution in [1.29, 1.82) is 0 Å². The van der Waals surface area contributed by atoms with Crippen LogP contribution in [0.4, 0.5) is 0 Å². The summed E-state index contributed by atoms with van der Waals surface area (Å²) in [6.07, 6.45) is -0.324. The highest BCUT2D eigenvalue weighted by atomic mass is 32.2. The van der Waals surface area contributed by atoms with Crippen molar-refractivity contribution in [3.05, 3.63) is 95.1 Å².